The van der Waals surface area contributed by atoms with Gasteiger partial charge < -0.3 is 10.1 Å². The van der Waals surface area contributed by atoms with Crippen molar-refractivity contribution in [3.8, 4) is 5.75 Å². The van der Waals surface area contributed by atoms with Crippen LogP contribution in [0.4, 0.5) is 0 Å². The third-order valence-corrected chi connectivity index (χ3v) is 3.36. The third-order valence-electron chi connectivity index (χ3n) is 2.47. The number of hydrogen-bond acceptors (Lipinski definition) is 2. The van der Waals surface area contributed by atoms with Gasteiger partial charge in [0.25, 0.3) is 5.91 Å². The predicted octanol–water partition coefficient (Wildman–Crippen LogP) is 2.97. The summed E-state index contributed by atoms with van der Waals surface area (Å²) in [5, 5.41) is 2.97. The van der Waals surface area contributed by atoms with Gasteiger partial charge in [0.15, 0.2) is 0 Å². The highest BCUT2D eigenvalue weighted by atomic mass is 127. The SMILES string of the molecule is CC(C)Oc1cc(C(=O)NC2CC2)ccc1I. The average molecular weight is 345 g/mol. The highest BCUT2D eigenvalue weighted by Crippen LogP contribution is 2.24. The minimum absolute atomic E-state index is 0.00231. The van der Waals surface area contributed by atoms with E-state index in [0.717, 1.165) is 22.2 Å². The first-order valence-electron chi connectivity index (χ1n) is 5.83. The Bertz CT molecular complexity index is 427. The van der Waals surface area contributed by atoms with Gasteiger partial charge in [0.2, 0.25) is 0 Å². The molecule has 0 aromatic heterocycles. The molecule has 1 N–H and O–H groups in total. The van der Waals surface area contributed by atoms with Gasteiger partial charge in [-0.3, -0.25) is 4.79 Å². The third kappa shape index (κ3) is 3.59. The van der Waals surface area contributed by atoms with Crippen LogP contribution in [0.25, 0.3) is 0 Å². The van der Waals surface area contributed by atoms with E-state index in [-0.39, 0.29) is 12.0 Å². The van der Waals surface area contributed by atoms with Crippen molar-refractivity contribution in [2.45, 2.75) is 38.8 Å². The molecule has 0 radical (unpaired) electrons. The van der Waals surface area contributed by atoms with Crippen LogP contribution in [0, 0.1) is 3.57 Å². The van der Waals surface area contributed by atoms with Gasteiger partial charge in [-0.15, -0.1) is 0 Å². The van der Waals surface area contributed by atoms with Crippen molar-refractivity contribution in [1.29, 1.82) is 0 Å². The van der Waals surface area contributed by atoms with Crippen molar-refractivity contribution in [3.63, 3.8) is 0 Å². The molecular formula is C13H16INO2. The van der Waals surface area contributed by atoms with E-state index in [2.05, 4.69) is 27.9 Å². The molecule has 0 bridgehead atoms. The van der Waals surface area contributed by atoms with E-state index < -0.39 is 0 Å². The van der Waals surface area contributed by atoms with Crippen molar-refractivity contribution in [3.05, 3.63) is 27.3 Å². The second-order valence-corrected chi connectivity index (χ2v) is 5.72. The van der Waals surface area contributed by atoms with E-state index in [1.807, 2.05) is 32.0 Å². The smallest absolute Gasteiger partial charge is 0.251 e. The molecule has 0 heterocycles. The Morgan fingerprint density at radius 1 is 1.47 bits per heavy atom. The Balaban J connectivity index is 2.13. The lowest BCUT2D eigenvalue weighted by atomic mass is 10.2. The molecule has 0 spiro atoms. The van der Waals surface area contributed by atoms with E-state index >= 15 is 0 Å². The number of carbonyl (C=O) groups excluding carboxylic acids is 1. The standard InChI is InChI=1S/C13H16INO2/c1-8(2)17-12-7-9(3-6-11(12)14)13(16)15-10-4-5-10/h3,6-8,10H,4-5H2,1-2H3,(H,15,16). The summed E-state index contributed by atoms with van der Waals surface area (Å²) in [5.74, 6) is 0.779. The molecule has 1 aliphatic rings. The summed E-state index contributed by atoms with van der Waals surface area (Å²) in [7, 11) is 0. The predicted molar refractivity (Wildman–Crippen MR) is 75.4 cm³/mol. The first-order valence-corrected chi connectivity index (χ1v) is 6.91. The summed E-state index contributed by atoms with van der Waals surface area (Å²) in [4.78, 5) is 11.9. The van der Waals surface area contributed by atoms with Crippen LogP contribution >= 0.6 is 22.6 Å². The van der Waals surface area contributed by atoms with Crippen LogP contribution < -0.4 is 10.1 Å². The largest absolute Gasteiger partial charge is 0.490 e. The van der Waals surface area contributed by atoms with Crippen LogP contribution in [0.3, 0.4) is 0 Å². The molecule has 92 valence electrons. The summed E-state index contributed by atoms with van der Waals surface area (Å²) in [5.41, 5.74) is 0.674. The molecular weight excluding hydrogens is 329 g/mol. The molecule has 17 heavy (non-hydrogen) atoms. The molecule has 3 nitrogen and oxygen atoms in total. The first kappa shape index (κ1) is 12.7. The van der Waals surface area contributed by atoms with Gasteiger partial charge in [0.05, 0.1) is 9.67 Å². The van der Waals surface area contributed by atoms with Crippen LogP contribution in [-0.2, 0) is 0 Å². The zero-order valence-electron chi connectivity index (χ0n) is 10.00. The molecule has 0 atom stereocenters. The normalized spacial score (nSPS) is 14.8. The van der Waals surface area contributed by atoms with Crippen molar-refractivity contribution in [1.82, 2.24) is 5.32 Å². The maximum absolute atomic E-state index is 11.9. The molecule has 1 amide bonds. The van der Waals surface area contributed by atoms with Crippen molar-refractivity contribution in [2.24, 2.45) is 0 Å². The fourth-order valence-electron chi connectivity index (χ4n) is 1.49. The van der Waals surface area contributed by atoms with Gasteiger partial charge in [0.1, 0.15) is 5.75 Å². The molecule has 0 aliphatic heterocycles. The Morgan fingerprint density at radius 2 is 2.18 bits per heavy atom. The highest BCUT2D eigenvalue weighted by molar-refractivity contribution is 14.1. The molecule has 1 aliphatic carbocycles. The number of nitrogens with one attached hydrogen (secondary N) is 1. The first-order chi connectivity index (χ1) is 8.06. The fourth-order valence-corrected chi connectivity index (χ4v) is 1.95. The molecule has 2 rings (SSSR count). The number of rotatable bonds is 4. The van der Waals surface area contributed by atoms with Crippen LogP contribution in [0.1, 0.15) is 37.0 Å². The molecule has 4 heteroatoms. The highest BCUT2D eigenvalue weighted by Gasteiger charge is 2.24. The minimum Gasteiger partial charge on any atom is -0.490 e. The summed E-state index contributed by atoms with van der Waals surface area (Å²) < 4.78 is 6.70. The minimum atomic E-state index is -0.00231. The quantitative estimate of drug-likeness (QED) is 0.852. The Morgan fingerprint density at radius 3 is 2.76 bits per heavy atom. The number of amides is 1. The molecule has 0 unspecified atom stereocenters. The molecule has 1 saturated carbocycles. The lowest BCUT2D eigenvalue weighted by molar-refractivity contribution is 0.0950. The maximum Gasteiger partial charge on any atom is 0.251 e. The van der Waals surface area contributed by atoms with Crippen molar-refractivity contribution >= 4 is 28.5 Å². The Kier molecular flexibility index (Phi) is 3.91. The van der Waals surface area contributed by atoms with Crippen molar-refractivity contribution < 1.29 is 9.53 Å². The number of halogens is 1. The van der Waals surface area contributed by atoms with E-state index in [4.69, 9.17) is 4.74 Å². The van der Waals surface area contributed by atoms with Gasteiger partial charge in [-0.2, -0.15) is 0 Å². The molecule has 1 aromatic carbocycles. The summed E-state index contributed by atoms with van der Waals surface area (Å²) in [6, 6.07) is 5.96. The number of ether oxygens (including phenoxy) is 1. The molecule has 0 saturated heterocycles. The lowest BCUT2D eigenvalue weighted by Crippen LogP contribution is -2.25. The maximum atomic E-state index is 11.9. The average Bonchev–Trinajstić information content (AvgIpc) is 3.04. The zero-order valence-corrected chi connectivity index (χ0v) is 12.2. The number of hydrogen-bond donors (Lipinski definition) is 1. The second-order valence-electron chi connectivity index (χ2n) is 4.56. The Hall–Kier alpha value is -0.780. The van der Waals surface area contributed by atoms with Crippen LogP contribution in [0.5, 0.6) is 5.75 Å². The topological polar surface area (TPSA) is 38.3 Å². The summed E-state index contributed by atoms with van der Waals surface area (Å²) >= 11 is 2.21. The molecule has 1 fully saturated rings. The van der Waals surface area contributed by atoms with Crippen molar-refractivity contribution in [2.75, 3.05) is 0 Å². The zero-order chi connectivity index (χ0) is 12.4. The second kappa shape index (κ2) is 5.25. The summed E-state index contributed by atoms with van der Waals surface area (Å²) in [6.45, 7) is 3.96. The van der Waals surface area contributed by atoms with Gasteiger partial charge in [-0.25, -0.2) is 0 Å². The molecule has 1 aromatic rings. The van der Waals surface area contributed by atoms with E-state index in [9.17, 15) is 4.79 Å². The van der Waals surface area contributed by atoms with Crippen LogP contribution in [0.15, 0.2) is 18.2 Å². The number of carbonyl (C=O) groups is 1. The van der Waals surface area contributed by atoms with Gasteiger partial charge in [0, 0.05) is 11.6 Å². The van der Waals surface area contributed by atoms with Crippen LogP contribution in [-0.4, -0.2) is 18.1 Å². The number of benzene rings is 1. The lowest BCUT2D eigenvalue weighted by Gasteiger charge is -2.13. The van der Waals surface area contributed by atoms with E-state index in [1.54, 1.807) is 0 Å². The van der Waals surface area contributed by atoms with E-state index in [1.165, 1.54) is 0 Å². The van der Waals surface area contributed by atoms with Gasteiger partial charge in [-0.1, -0.05) is 0 Å². The van der Waals surface area contributed by atoms with E-state index in [0.29, 0.717) is 11.6 Å². The van der Waals surface area contributed by atoms with Crippen LogP contribution in [0.2, 0.25) is 0 Å². The van der Waals surface area contributed by atoms with Gasteiger partial charge in [-0.05, 0) is 67.5 Å². The Labute approximate surface area is 115 Å². The summed E-state index contributed by atoms with van der Waals surface area (Å²) in [6.07, 6.45) is 2.32. The monoisotopic (exact) mass is 345 g/mol. The fraction of sp³-hybridized carbons (Fsp3) is 0.462. The van der Waals surface area contributed by atoms with Gasteiger partial charge >= 0.3 is 0 Å².